The summed E-state index contributed by atoms with van der Waals surface area (Å²) in [5.74, 6) is -0.217. The van der Waals surface area contributed by atoms with Crippen LogP contribution in [0.4, 0.5) is 13.2 Å². The Kier molecular flexibility index (Phi) is 6.10. The van der Waals surface area contributed by atoms with Crippen LogP contribution in [0.15, 0.2) is 46.9 Å². The van der Waals surface area contributed by atoms with Crippen molar-refractivity contribution in [1.29, 1.82) is 0 Å². The van der Waals surface area contributed by atoms with Crippen LogP contribution in [0.1, 0.15) is 17.2 Å². The predicted molar refractivity (Wildman–Crippen MR) is 82.2 cm³/mol. The van der Waals surface area contributed by atoms with Crippen LogP contribution in [0.3, 0.4) is 0 Å². The third kappa shape index (κ3) is 4.79. The maximum absolute atomic E-state index is 12.1. The molecular weight excluding hydrogens is 387 g/mol. The summed E-state index contributed by atoms with van der Waals surface area (Å²) >= 11 is 3.18. The van der Waals surface area contributed by atoms with Crippen molar-refractivity contribution in [3.05, 3.63) is 58.1 Å². The lowest BCUT2D eigenvalue weighted by Crippen LogP contribution is -2.17. The highest BCUT2D eigenvalue weighted by molar-refractivity contribution is 9.10. The van der Waals surface area contributed by atoms with Gasteiger partial charge in [0.1, 0.15) is 11.5 Å². The molecule has 2 aromatic carbocycles. The van der Waals surface area contributed by atoms with Gasteiger partial charge in [-0.15, -0.1) is 25.6 Å². The normalized spacial score (nSPS) is 12.4. The van der Waals surface area contributed by atoms with Crippen molar-refractivity contribution >= 4 is 28.3 Å². The summed E-state index contributed by atoms with van der Waals surface area (Å²) in [7, 11) is 0. The van der Waals surface area contributed by atoms with E-state index in [1.807, 2.05) is 0 Å². The lowest BCUT2D eigenvalue weighted by atomic mass is 9.99. The van der Waals surface area contributed by atoms with Gasteiger partial charge in [-0.3, -0.25) is 0 Å². The summed E-state index contributed by atoms with van der Waals surface area (Å²) in [6.45, 7) is 0. The first-order valence-electron chi connectivity index (χ1n) is 5.86. The molecule has 120 valence electrons. The van der Waals surface area contributed by atoms with Crippen LogP contribution in [0, 0.1) is 0 Å². The predicted octanol–water partition coefficient (Wildman–Crippen LogP) is 4.52. The van der Waals surface area contributed by atoms with Gasteiger partial charge in [-0.2, -0.15) is 0 Å². The highest BCUT2D eigenvalue weighted by Crippen LogP contribution is 2.30. The van der Waals surface area contributed by atoms with E-state index in [1.165, 1.54) is 30.3 Å². The minimum absolute atomic E-state index is 0. The molecule has 2 aromatic rings. The molecular formula is C14H12BrClF3NO2. The summed E-state index contributed by atoms with van der Waals surface area (Å²) in [4.78, 5) is 0. The van der Waals surface area contributed by atoms with Crippen molar-refractivity contribution in [2.24, 2.45) is 5.73 Å². The second-order valence-corrected chi connectivity index (χ2v) is 5.16. The molecule has 0 aliphatic heterocycles. The van der Waals surface area contributed by atoms with E-state index in [-0.39, 0.29) is 23.9 Å². The SMILES string of the molecule is Cl.N[C@H](c1ccc(OC(F)(F)F)cc1)c1ccc(O)c(Br)c1. The Bertz CT molecular complexity index is 635. The Morgan fingerprint density at radius 1 is 1.05 bits per heavy atom. The van der Waals surface area contributed by atoms with Gasteiger partial charge < -0.3 is 15.6 Å². The smallest absolute Gasteiger partial charge is 0.507 e. The first-order valence-corrected chi connectivity index (χ1v) is 6.65. The fourth-order valence-corrected chi connectivity index (χ4v) is 2.18. The van der Waals surface area contributed by atoms with Gasteiger partial charge in [0, 0.05) is 0 Å². The average Bonchev–Trinajstić information content (AvgIpc) is 2.40. The standard InChI is InChI=1S/C14H11BrF3NO2.ClH/c15-11-7-9(3-6-12(11)20)13(19)8-1-4-10(5-2-8)21-14(16,17)18;/h1-7,13,20H,19H2;1H/t13-;/m1./s1. The van der Waals surface area contributed by atoms with Crippen molar-refractivity contribution < 1.29 is 23.0 Å². The van der Waals surface area contributed by atoms with Crippen LogP contribution in [-0.2, 0) is 0 Å². The monoisotopic (exact) mass is 397 g/mol. The highest BCUT2D eigenvalue weighted by Gasteiger charge is 2.31. The topological polar surface area (TPSA) is 55.5 Å². The summed E-state index contributed by atoms with van der Waals surface area (Å²) < 4.78 is 40.5. The van der Waals surface area contributed by atoms with E-state index in [0.717, 1.165) is 0 Å². The second kappa shape index (κ2) is 7.21. The van der Waals surface area contributed by atoms with Gasteiger partial charge in [0.15, 0.2) is 0 Å². The third-order valence-corrected chi connectivity index (χ3v) is 3.44. The number of hydrogen-bond acceptors (Lipinski definition) is 3. The zero-order valence-corrected chi connectivity index (χ0v) is 13.4. The molecule has 22 heavy (non-hydrogen) atoms. The fourth-order valence-electron chi connectivity index (χ4n) is 1.79. The molecule has 0 aliphatic carbocycles. The van der Waals surface area contributed by atoms with E-state index in [4.69, 9.17) is 5.73 Å². The van der Waals surface area contributed by atoms with E-state index in [0.29, 0.717) is 15.6 Å². The van der Waals surface area contributed by atoms with E-state index in [1.54, 1.807) is 12.1 Å². The number of rotatable bonds is 3. The quantitative estimate of drug-likeness (QED) is 0.799. The number of benzene rings is 2. The Morgan fingerprint density at radius 3 is 2.09 bits per heavy atom. The van der Waals surface area contributed by atoms with Gasteiger partial charge >= 0.3 is 6.36 Å². The van der Waals surface area contributed by atoms with Crippen LogP contribution in [0.25, 0.3) is 0 Å². The lowest BCUT2D eigenvalue weighted by molar-refractivity contribution is -0.274. The molecule has 0 spiro atoms. The van der Waals surface area contributed by atoms with E-state index in [2.05, 4.69) is 20.7 Å². The molecule has 0 unspecified atom stereocenters. The Hall–Kier alpha value is -1.44. The maximum atomic E-state index is 12.1. The van der Waals surface area contributed by atoms with Crippen LogP contribution in [0.2, 0.25) is 0 Å². The number of phenols is 1. The van der Waals surface area contributed by atoms with Gasteiger partial charge in [-0.1, -0.05) is 18.2 Å². The molecule has 0 aromatic heterocycles. The van der Waals surface area contributed by atoms with Crippen molar-refractivity contribution in [1.82, 2.24) is 0 Å². The number of hydrogen-bond donors (Lipinski definition) is 2. The largest absolute Gasteiger partial charge is 0.573 e. The molecule has 0 saturated carbocycles. The Labute approximate surface area is 139 Å². The Balaban J connectivity index is 0.00000242. The van der Waals surface area contributed by atoms with E-state index >= 15 is 0 Å². The molecule has 0 heterocycles. The van der Waals surface area contributed by atoms with Crippen molar-refractivity contribution in [2.75, 3.05) is 0 Å². The molecule has 0 saturated heterocycles. The minimum Gasteiger partial charge on any atom is -0.507 e. The minimum atomic E-state index is -4.72. The number of halogens is 5. The summed E-state index contributed by atoms with van der Waals surface area (Å²) in [5.41, 5.74) is 7.39. The van der Waals surface area contributed by atoms with Gasteiger partial charge in [-0.25, -0.2) is 0 Å². The van der Waals surface area contributed by atoms with E-state index < -0.39 is 12.4 Å². The average molecular weight is 399 g/mol. The highest BCUT2D eigenvalue weighted by atomic mass is 79.9. The molecule has 0 radical (unpaired) electrons. The molecule has 2 rings (SSSR count). The first kappa shape index (κ1) is 18.6. The van der Waals surface area contributed by atoms with Crippen molar-refractivity contribution in [3.63, 3.8) is 0 Å². The summed E-state index contributed by atoms with van der Waals surface area (Å²) in [6, 6.07) is 9.60. The van der Waals surface area contributed by atoms with Crippen LogP contribution < -0.4 is 10.5 Å². The number of alkyl halides is 3. The number of ether oxygens (including phenoxy) is 1. The molecule has 3 N–H and O–H groups in total. The molecule has 0 aliphatic rings. The number of phenolic OH excluding ortho intramolecular Hbond substituents is 1. The van der Waals surface area contributed by atoms with Gasteiger partial charge in [0.05, 0.1) is 10.5 Å². The van der Waals surface area contributed by atoms with Crippen LogP contribution in [0.5, 0.6) is 11.5 Å². The second-order valence-electron chi connectivity index (χ2n) is 4.31. The summed E-state index contributed by atoms with van der Waals surface area (Å²) in [5, 5.41) is 9.43. The van der Waals surface area contributed by atoms with Crippen LogP contribution in [-0.4, -0.2) is 11.5 Å². The summed E-state index contributed by atoms with van der Waals surface area (Å²) in [6.07, 6.45) is -4.72. The van der Waals surface area contributed by atoms with E-state index in [9.17, 15) is 18.3 Å². The van der Waals surface area contributed by atoms with Gasteiger partial charge in [0.2, 0.25) is 0 Å². The molecule has 8 heteroatoms. The molecule has 0 amide bonds. The zero-order valence-electron chi connectivity index (χ0n) is 11.0. The number of aromatic hydroxyl groups is 1. The molecule has 3 nitrogen and oxygen atoms in total. The molecule has 0 bridgehead atoms. The van der Waals surface area contributed by atoms with Gasteiger partial charge in [-0.05, 0) is 51.3 Å². The Morgan fingerprint density at radius 2 is 1.59 bits per heavy atom. The van der Waals surface area contributed by atoms with Crippen molar-refractivity contribution in [2.45, 2.75) is 12.4 Å². The van der Waals surface area contributed by atoms with Crippen LogP contribution >= 0.6 is 28.3 Å². The number of nitrogens with two attached hydrogens (primary N) is 1. The first-order chi connectivity index (χ1) is 9.76. The zero-order chi connectivity index (χ0) is 15.6. The fraction of sp³-hybridized carbons (Fsp3) is 0.143. The molecule has 0 fully saturated rings. The van der Waals surface area contributed by atoms with Gasteiger partial charge in [0.25, 0.3) is 0 Å². The molecule has 1 atom stereocenters. The van der Waals surface area contributed by atoms with Crippen molar-refractivity contribution in [3.8, 4) is 11.5 Å². The third-order valence-electron chi connectivity index (χ3n) is 2.80. The maximum Gasteiger partial charge on any atom is 0.573 e. The lowest BCUT2D eigenvalue weighted by Gasteiger charge is -2.14.